The number of carbonyl (C=O) groups is 2. The van der Waals surface area contributed by atoms with Gasteiger partial charge in [-0.15, -0.1) is 0 Å². The van der Waals surface area contributed by atoms with Crippen molar-refractivity contribution in [1.82, 2.24) is 10.6 Å². The molecule has 8 heteroatoms. The van der Waals surface area contributed by atoms with E-state index in [1.807, 2.05) is 61.5 Å². The Balaban J connectivity index is 1.52. The van der Waals surface area contributed by atoms with Crippen LogP contribution >= 0.6 is 11.6 Å². The lowest BCUT2D eigenvalue weighted by Crippen LogP contribution is -2.36. The molecule has 0 aliphatic carbocycles. The molecule has 0 atom stereocenters. The largest absolute Gasteiger partial charge is 0.455 e. The molecule has 0 aliphatic heterocycles. The summed E-state index contributed by atoms with van der Waals surface area (Å²) in [5, 5.41) is 10.4. The fourth-order valence-corrected chi connectivity index (χ4v) is 5.23. The van der Waals surface area contributed by atoms with Gasteiger partial charge in [0, 0.05) is 64.4 Å². The summed E-state index contributed by atoms with van der Waals surface area (Å²) in [5.41, 5.74) is 5.13. The minimum atomic E-state index is -0.379. The molecule has 3 N–H and O–H groups in total. The molecule has 0 radical (unpaired) electrons. The van der Waals surface area contributed by atoms with Crippen LogP contribution < -0.4 is 16.0 Å². The van der Waals surface area contributed by atoms with Crippen molar-refractivity contribution in [2.45, 2.75) is 26.2 Å². The first-order valence-corrected chi connectivity index (χ1v) is 14.5. The van der Waals surface area contributed by atoms with Crippen molar-refractivity contribution in [2.75, 3.05) is 25.5 Å². The molecule has 0 unspecified atom stereocenters. The molecular weight excluding hydrogens is 565 g/mol. The fourth-order valence-electron chi connectivity index (χ4n) is 5.11. The molecule has 43 heavy (non-hydrogen) atoms. The van der Waals surface area contributed by atoms with Crippen LogP contribution in [0.3, 0.4) is 0 Å². The standard InChI is InChI=1S/C35H33ClFN3O3/c1-5-39-29-19-30-28(31(34(42)38-4)32(43-30)21-9-15-26(37)16-10-21)18-27(29)22-7-6-8-23(17-22)33(41)40-20-35(2,3)24-11-13-25(36)14-12-24/h6-19,39H,5,20H2,1-4H3,(H,38,42)(H,40,41). The Hall–Kier alpha value is -4.62. The van der Waals surface area contributed by atoms with E-state index in [1.54, 1.807) is 25.2 Å². The second-order valence-corrected chi connectivity index (χ2v) is 11.4. The van der Waals surface area contributed by atoms with Gasteiger partial charge in [0.2, 0.25) is 0 Å². The second kappa shape index (κ2) is 12.3. The van der Waals surface area contributed by atoms with Gasteiger partial charge in [-0.1, -0.05) is 49.7 Å². The highest BCUT2D eigenvalue weighted by molar-refractivity contribution is 6.30. The van der Waals surface area contributed by atoms with Gasteiger partial charge in [0.25, 0.3) is 11.8 Å². The lowest BCUT2D eigenvalue weighted by atomic mass is 9.84. The highest BCUT2D eigenvalue weighted by Gasteiger charge is 2.25. The SMILES string of the molecule is CCNc1cc2oc(-c3ccc(F)cc3)c(C(=O)NC)c2cc1-c1cccc(C(=O)NCC(C)(C)c2ccc(Cl)cc2)c1. The van der Waals surface area contributed by atoms with E-state index in [-0.39, 0.29) is 23.0 Å². The molecule has 2 amide bonds. The number of rotatable bonds is 9. The Morgan fingerprint density at radius 1 is 0.907 bits per heavy atom. The van der Waals surface area contributed by atoms with Crippen LogP contribution in [0.25, 0.3) is 33.4 Å². The number of hydrogen-bond donors (Lipinski definition) is 3. The maximum Gasteiger partial charge on any atom is 0.255 e. The highest BCUT2D eigenvalue weighted by atomic mass is 35.5. The van der Waals surface area contributed by atoms with Crippen LogP contribution in [0.2, 0.25) is 5.02 Å². The third-order valence-corrected chi connectivity index (χ3v) is 7.76. The van der Waals surface area contributed by atoms with Crippen LogP contribution in [-0.2, 0) is 5.41 Å². The fraction of sp³-hybridized carbons (Fsp3) is 0.200. The zero-order valence-electron chi connectivity index (χ0n) is 24.5. The van der Waals surface area contributed by atoms with E-state index in [0.29, 0.717) is 51.5 Å². The molecule has 5 aromatic rings. The number of anilines is 1. The number of carbonyl (C=O) groups excluding carboxylic acids is 2. The summed E-state index contributed by atoms with van der Waals surface area (Å²) >= 11 is 6.05. The van der Waals surface area contributed by atoms with Gasteiger partial charge in [-0.3, -0.25) is 9.59 Å². The van der Waals surface area contributed by atoms with E-state index in [1.165, 1.54) is 12.1 Å². The van der Waals surface area contributed by atoms with Crippen molar-refractivity contribution in [3.8, 4) is 22.5 Å². The predicted molar refractivity (Wildman–Crippen MR) is 171 cm³/mol. The zero-order valence-corrected chi connectivity index (χ0v) is 25.2. The maximum absolute atomic E-state index is 13.6. The van der Waals surface area contributed by atoms with Gasteiger partial charge < -0.3 is 20.4 Å². The van der Waals surface area contributed by atoms with E-state index < -0.39 is 0 Å². The first kappa shape index (κ1) is 29.9. The van der Waals surface area contributed by atoms with Crippen LogP contribution in [0.5, 0.6) is 0 Å². The molecule has 5 rings (SSSR count). The summed E-state index contributed by atoms with van der Waals surface area (Å²) in [6.07, 6.45) is 0. The number of amides is 2. The third-order valence-electron chi connectivity index (χ3n) is 7.51. The van der Waals surface area contributed by atoms with Crippen molar-refractivity contribution in [1.29, 1.82) is 0 Å². The molecule has 0 fully saturated rings. The van der Waals surface area contributed by atoms with E-state index in [0.717, 1.165) is 22.4 Å². The topological polar surface area (TPSA) is 83.4 Å². The van der Waals surface area contributed by atoms with E-state index in [4.69, 9.17) is 16.0 Å². The normalized spacial score (nSPS) is 11.4. The Bertz CT molecular complexity index is 1790. The smallest absolute Gasteiger partial charge is 0.255 e. The summed E-state index contributed by atoms with van der Waals surface area (Å²) in [4.78, 5) is 26.4. The number of fused-ring (bicyclic) bond motifs is 1. The second-order valence-electron chi connectivity index (χ2n) is 11.0. The van der Waals surface area contributed by atoms with Crippen molar-refractivity contribution in [3.63, 3.8) is 0 Å². The van der Waals surface area contributed by atoms with E-state index >= 15 is 0 Å². The predicted octanol–water partition coefficient (Wildman–Crippen LogP) is 8.06. The molecule has 220 valence electrons. The van der Waals surface area contributed by atoms with Crippen LogP contribution in [0, 0.1) is 5.82 Å². The first-order valence-electron chi connectivity index (χ1n) is 14.1. The van der Waals surface area contributed by atoms with Gasteiger partial charge in [0.15, 0.2) is 0 Å². The molecule has 4 aromatic carbocycles. The van der Waals surface area contributed by atoms with Crippen LogP contribution in [0.15, 0.2) is 89.3 Å². The summed E-state index contributed by atoms with van der Waals surface area (Å²) in [7, 11) is 1.56. The molecule has 0 saturated carbocycles. The Morgan fingerprint density at radius 2 is 1.63 bits per heavy atom. The molecule has 0 aliphatic rings. The van der Waals surface area contributed by atoms with Crippen LogP contribution in [-0.4, -0.2) is 32.0 Å². The lowest BCUT2D eigenvalue weighted by molar-refractivity contribution is 0.0943. The van der Waals surface area contributed by atoms with Crippen molar-refractivity contribution >= 4 is 40.1 Å². The van der Waals surface area contributed by atoms with E-state index in [2.05, 4.69) is 29.8 Å². The van der Waals surface area contributed by atoms with Crippen molar-refractivity contribution in [3.05, 3.63) is 112 Å². The van der Waals surface area contributed by atoms with Gasteiger partial charge in [0.05, 0.1) is 5.56 Å². The van der Waals surface area contributed by atoms with Crippen LogP contribution in [0.1, 0.15) is 47.1 Å². The van der Waals surface area contributed by atoms with Gasteiger partial charge >= 0.3 is 0 Å². The number of nitrogens with one attached hydrogen (secondary N) is 3. The van der Waals surface area contributed by atoms with Crippen molar-refractivity contribution in [2.24, 2.45) is 0 Å². The molecule has 0 spiro atoms. The Labute approximate surface area is 255 Å². The Kier molecular flexibility index (Phi) is 8.55. The minimum absolute atomic E-state index is 0.192. The molecular formula is C35H33ClFN3O3. The molecule has 0 bridgehead atoms. The minimum Gasteiger partial charge on any atom is -0.455 e. The molecule has 0 saturated heterocycles. The Morgan fingerprint density at radius 3 is 2.30 bits per heavy atom. The van der Waals surface area contributed by atoms with Gasteiger partial charge in [-0.05, 0) is 72.6 Å². The lowest BCUT2D eigenvalue weighted by Gasteiger charge is -2.26. The number of furan rings is 1. The summed E-state index contributed by atoms with van der Waals surface area (Å²) in [6.45, 7) is 7.21. The average Bonchev–Trinajstić information content (AvgIpc) is 3.38. The maximum atomic E-state index is 13.6. The quantitative estimate of drug-likeness (QED) is 0.160. The summed E-state index contributed by atoms with van der Waals surface area (Å²) in [6, 6.07) is 24.6. The zero-order chi connectivity index (χ0) is 30.7. The monoisotopic (exact) mass is 597 g/mol. The number of halogens is 2. The van der Waals surface area contributed by atoms with E-state index in [9.17, 15) is 14.0 Å². The van der Waals surface area contributed by atoms with Crippen LogP contribution in [0.4, 0.5) is 10.1 Å². The average molecular weight is 598 g/mol. The molecule has 1 heterocycles. The third kappa shape index (κ3) is 6.27. The van der Waals surface area contributed by atoms with Gasteiger partial charge in [-0.25, -0.2) is 4.39 Å². The molecule has 6 nitrogen and oxygen atoms in total. The number of benzene rings is 4. The van der Waals surface area contributed by atoms with Gasteiger partial charge in [0.1, 0.15) is 17.2 Å². The molecule has 1 aromatic heterocycles. The summed E-state index contributed by atoms with van der Waals surface area (Å²) < 4.78 is 19.8. The van der Waals surface area contributed by atoms with Gasteiger partial charge in [-0.2, -0.15) is 0 Å². The summed E-state index contributed by atoms with van der Waals surface area (Å²) in [5.74, 6) is -0.541. The van der Waals surface area contributed by atoms with Crippen molar-refractivity contribution < 1.29 is 18.4 Å². The number of hydrogen-bond acceptors (Lipinski definition) is 4. The highest BCUT2D eigenvalue weighted by Crippen LogP contribution is 2.40. The first-order chi connectivity index (χ1) is 20.6.